The number of phenolic OH excluding ortho intramolecular Hbond substituents is 3. The van der Waals surface area contributed by atoms with E-state index < -0.39 is 138 Å². The van der Waals surface area contributed by atoms with Gasteiger partial charge in [-0.15, -0.1) is 0 Å². The Balaban J connectivity index is 1.43. The van der Waals surface area contributed by atoms with Crippen molar-refractivity contribution in [3.63, 3.8) is 0 Å². The van der Waals surface area contributed by atoms with Crippen LogP contribution in [0.4, 0.5) is 0 Å². The van der Waals surface area contributed by atoms with Crippen LogP contribution in [0.3, 0.4) is 0 Å². The molecule has 3 aliphatic rings. The number of aliphatic hydroxyl groups excluding tert-OH is 9. The average molecular weight is 757 g/mol. The van der Waals surface area contributed by atoms with Gasteiger partial charge in [-0.05, 0) is 32.0 Å². The molecule has 0 saturated carbocycles. The number of ether oxygens (including phenoxy) is 6. The second-order valence-corrected chi connectivity index (χ2v) is 13.0. The SMILES string of the molecule is C[C@@H]1O[C@H](O[C@@H]2[C@@H](Oc3c(-c4ccc(O)c(O)c4)oc4cc(O[C@@H]5O[C@H](C)[C@@H](O)[C@H](O)[C@@H]5O)cc(O)c4c3=O)O[C@@H](CO)[C@H](O)[C@H]2O)[C@H](O)[C@H](O)[C@H]1O. The van der Waals surface area contributed by atoms with Crippen LogP contribution >= 0.6 is 0 Å². The zero-order chi connectivity index (χ0) is 38.6. The van der Waals surface area contributed by atoms with Gasteiger partial charge in [0.1, 0.15) is 77.4 Å². The lowest BCUT2D eigenvalue weighted by Gasteiger charge is -2.45. The number of aromatic hydroxyl groups is 3. The molecule has 1 aromatic heterocycles. The molecule has 3 fully saturated rings. The minimum Gasteiger partial charge on any atom is -0.507 e. The minimum absolute atomic E-state index is 0.110. The summed E-state index contributed by atoms with van der Waals surface area (Å²) in [6.45, 7) is 1.90. The quantitative estimate of drug-likeness (QED) is 0.101. The van der Waals surface area contributed by atoms with Crippen molar-refractivity contribution in [2.24, 2.45) is 0 Å². The maximum absolute atomic E-state index is 14.2. The first-order valence-corrected chi connectivity index (χ1v) is 16.4. The highest BCUT2D eigenvalue weighted by atomic mass is 16.8. The predicted octanol–water partition coefficient (Wildman–Crippen LogP) is -3.19. The number of hydrogen-bond donors (Lipinski definition) is 12. The second kappa shape index (κ2) is 15.1. The third-order valence-electron chi connectivity index (χ3n) is 9.36. The lowest BCUT2D eigenvalue weighted by Crippen LogP contribution is -2.64. The minimum atomic E-state index is -1.97. The Hall–Kier alpha value is -3.87. The van der Waals surface area contributed by atoms with E-state index in [9.17, 15) is 66.1 Å². The lowest BCUT2D eigenvalue weighted by molar-refractivity contribution is -0.354. The molecular formula is C33H40O20. The fraction of sp³-hybridized carbons (Fsp3) is 0.545. The maximum Gasteiger partial charge on any atom is 0.239 e. The van der Waals surface area contributed by atoms with Crippen molar-refractivity contribution in [3.8, 4) is 40.1 Å². The molecule has 3 aromatic rings. The molecule has 3 aliphatic heterocycles. The summed E-state index contributed by atoms with van der Waals surface area (Å²) >= 11 is 0. The predicted molar refractivity (Wildman–Crippen MR) is 172 cm³/mol. The van der Waals surface area contributed by atoms with Gasteiger partial charge in [-0.2, -0.15) is 0 Å². The van der Waals surface area contributed by atoms with Gasteiger partial charge in [-0.3, -0.25) is 4.79 Å². The number of aliphatic hydroxyl groups is 9. The van der Waals surface area contributed by atoms with Gasteiger partial charge < -0.3 is 94.1 Å². The largest absolute Gasteiger partial charge is 0.507 e. The van der Waals surface area contributed by atoms with Gasteiger partial charge in [-0.25, -0.2) is 0 Å². The average Bonchev–Trinajstić information content (AvgIpc) is 3.12. The van der Waals surface area contributed by atoms with Crippen molar-refractivity contribution in [2.45, 2.75) is 106 Å². The number of fused-ring (bicyclic) bond motifs is 1. The van der Waals surface area contributed by atoms with Gasteiger partial charge >= 0.3 is 0 Å². The maximum atomic E-state index is 14.2. The van der Waals surface area contributed by atoms with E-state index in [2.05, 4.69) is 0 Å². The van der Waals surface area contributed by atoms with E-state index in [1.165, 1.54) is 19.9 Å². The molecule has 0 aliphatic carbocycles. The van der Waals surface area contributed by atoms with Crippen LogP contribution in [0.5, 0.6) is 28.7 Å². The van der Waals surface area contributed by atoms with E-state index >= 15 is 0 Å². The third-order valence-corrected chi connectivity index (χ3v) is 9.36. The van der Waals surface area contributed by atoms with Crippen LogP contribution in [0.1, 0.15) is 13.8 Å². The summed E-state index contributed by atoms with van der Waals surface area (Å²) in [6.07, 6.45) is -24.6. The zero-order valence-corrected chi connectivity index (χ0v) is 27.9. The fourth-order valence-corrected chi connectivity index (χ4v) is 6.23. The van der Waals surface area contributed by atoms with E-state index in [1.54, 1.807) is 0 Å². The highest BCUT2D eigenvalue weighted by Gasteiger charge is 2.51. The summed E-state index contributed by atoms with van der Waals surface area (Å²) in [5.74, 6) is -3.49. The number of rotatable bonds is 8. The molecule has 0 unspecified atom stereocenters. The zero-order valence-electron chi connectivity index (χ0n) is 27.9. The first-order valence-electron chi connectivity index (χ1n) is 16.4. The number of benzene rings is 2. The van der Waals surface area contributed by atoms with E-state index in [1.807, 2.05) is 0 Å². The Labute approximate surface area is 298 Å². The Morgan fingerprint density at radius 2 is 1.26 bits per heavy atom. The lowest BCUT2D eigenvalue weighted by atomic mass is 9.97. The highest BCUT2D eigenvalue weighted by Crippen LogP contribution is 2.40. The van der Waals surface area contributed by atoms with Crippen molar-refractivity contribution in [3.05, 3.63) is 40.6 Å². The Morgan fingerprint density at radius 3 is 1.89 bits per heavy atom. The molecular weight excluding hydrogens is 716 g/mol. The summed E-state index contributed by atoms with van der Waals surface area (Å²) in [4.78, 5) is 14.2. The molecule has 2 aromatic carbocycles. The molecule has 0 spiro atoms. The molecule has 0 bridgehead atoms. The topological polar surface area (TPSA) is 328 Å². The smallest absolute Gasteiger partial charge is 0.239 e. The Kier molecular flexibility index (Phi) is 11.1. The highest BCUT2D eigenvalue weighted by molar-refractivity contribution is 5.88. The van der Waals surface area contributed by atoms with E-state index in [-0.39, 0.29) is 16.9 Å². The van der Waals surface area contributed by atoms with Crippen LogP contribution in [0.25, 0.3) is 22.3 Å². The van der Waals surface area contributed by atoms with Gasteiger partial charge in [0.2, 0.25) is 23.8 Å². The van der Waals surface area contributed by atoms with Crippen molar-refractivity contribution in [2.75, 3.05) is 6.61 Å². The summed E-state index contributed by atoms with van der Waals surface area (Å²) in [7, 11) is 0. The van der Waals surface area contributed by atoms with E-state index in [0.29, 0.717) is 0 Å². The van der Waals surface area contributed by atoms with Gasteiger partial charge in [0, 0.05) is 17.7 Å². The molecule has 3 saturated heterocycles. The van der Waals surface area contributed by atoms with E-state index in [4.69, 9.17) is 32.8 Å². The molecule has 292 valence electrons. The monoisotopic (exact) mass is 756 g/mol. The van der Waals surface area contributed by atoms with Crippen LogP contribution in [-0.2, 0) is 18.9 Å². The summed E-state index contributed by atoms with van der Waals surface area (Å²) < 4.78 is 39.9. The number of hydrogen-bond acceptors (Lipinski definition) is 20. The van der Waals surface area contributed by atoms with Crippen LogP contribution in [0.2, 0.25) is 0 Å². The van der Waals surface area contributed by atoms with Crippen LogP contribution in [0, 0.1) is 0 Å². The van der Waals surface area contributed by atoms with E-state index in [0.717, 1.165) is 24.3 Å². The Morgan fingerprint density at radius 1 is 0.642 bits per heavy atom. The van der Waals surface area contributed by atoms with Gasteiger partial charge in [-0.1, -0.05) is 0 Å². The summed E-state index contributed by atoms with van der Waals surface area (Å²) in [6, 6.07) is 5.29. The normalized spacial score (nSPS) is 37.8. The first kappa shape index (κ1) is 38.8. The first-order chi connectivity index (χ1) is 25.0. The standard InChI is InChI=1S/C33H40O20/c1-9-19(38)23(42)26(45)31(47-9)49-12-6-15(37)18-16(7-12)50-28(11-3-4-13(35)14(36)5-11)29(22(18)41)52-33-30(25(44)21(40)17(8-34)51-33)53-32-27(46)24(43)20(39)10(2)48-32/h3-7,9-10,17,19-21,23-27,30-40,42-46H,8H2,1-2H3/t9-,10+,17+,19-,20+,21+,23+,24-,25-,26+,27-,30+,31+,32-,33-/m1/s1. The van der Waals surface area contributed by atoms with Crippen molar-refractivity contribution in [1.82, 2.24) is 0 Å². The van der Waals surface area contributed by atoms with Crippen LogP contribution in [0.15, 0.2) is 39.5 Å². The summed E-state index contributed by atoms with van der Waals surface area (Å²) in [5, 5.41) is 124. The van der Waals surface area contributed by atoms with Crippen molar-refractivity contribution < 1.29 is 94.1 Å². The van der Waals surface area contributed by atoms with Crippen molar-refractivity contribution in [1.29, 1.82) is 0 Å². The molecule has 0 radical (unpaired) electrons. The molecule has 6 rings (SSSR count). The molecule has 12 N–H and O–H groups in total. The Bertz CT molecular complexity index is 1830. The van der Waals surface area contributed by atoms with Gasteiger partial charge in [0.05, 0.1) is 18.8 Å². The molecule has 0 amide bonds. The van der Waals surface area contributed by atoms with Crippen molar-refractivity contribution >= 4 is 11.0 Å². The molecule has 53 heavy (non-hydrogen) atoms. The summed E-state index contributed by atoms with van der Waals surface area (Å²) in [5.41, 5.74) is -1.59. The van der Waals surface area contributed by atoms with Gasteiger partial charge in [0.15, 0.2) is 29.7 Å². The fourth-order valence-electron chi connectivity index (χ4n) is 6.23. The van der Waals surface area contributed by atoms with Crippen LogP contribution in [-0.4, -0.2) is 160 Å². The third kappa shape index (κ3) is 7.22. The molecule has 15 atom stereocenters. The van der Waals surface area contributed by atoms with Crippen LogP contribution < -0.4 is 14.9 Å². The molecule has 20 nitrogen and oxygen atoms in total. The number of phenols is 3. The second-order valence-electron chi connectivity index (χ2n) is 13.0. The van der Waals surface area contributed by atoms with Gasteiger partial charge in [0.25, 0.3) is 0 Å². The molecule has 4 heterocycles. The molecule has 20 heteroatoms.